The second kappa shape index (κ2) is 5.42. The van der Waals surface area contributed by atoms with E-state index in [1.165, 1.54) is 24.4 Å². The molecule has 3 N–H and O–H groups in total. The van der Waals surface area contributed by atoms with Crippen LogP contribution < -0.4 is 11.1 Å². The first-order chi connectivity index (χ1) is 8.97. The summed E-state index contributed by atoms with van der Waals surface area (Å²) in [5.74, 6) is -0.864. The molecule has 98 valence electrons. The van der Waals surface area contributed by atoms with Gasteiger partial charge in [-0.3, -0.25) is 4.79 Å². The van der Waals surface area contributed by atoms with Crippen molar-refractivity contribution in [2.24, 2.45) is 0 Å². The van der Waals surface area contributed by atoms with Gasteiger partial charge in [0.15, 0.2) is 0 Å². The standard InChI is InChI=1S/C12H8Cl2FN3O/c13-8-4-7(1-2-10(8)15)18-12(19)6-3-9(14)11(16)17-5-6/h1-5H,(H2,16,17)(H,18,19). The normalized spacial score (nSPS) is 10.3. The van der Waals surface area contributed by atoms with Gasteiger partial charge >= 0.3 is 0 Å². The van der Waals surface area contributed by atoms with Gasteiger partial charge in [-0.25, -0.2) is 9.37 Å². The van der Waals surface area contributed by atoms with Crippen LogP contribution in [0, 0.1) is 5.82 Å². The predicted octanol–water partition coefficient (Wildman–Crippen LogP) is 3.36. The first-order valence-electron chi connectivity index (χ1n) is 5.15. The first kappa shape index (κ1) is 13.6. The number of nitrogen functional groups attached to an aromatic ring is 1. The fourth-order valence-corrected chi connectivity index (χ4v) is 1.70. The molecule has 1 heterocycles. The number of carbonyl (C=O) groups excluding carboxylic acids is 1. The van der Waals surface area contributed by atoms with Gasteiger partial charge in [0.25, 0.3) is 5.91 Å². The van der Waals surface area contributed by atoms with Gasteiger partial charge in [0, 0.05) is 11.9 Å². The van der Waals surface area contributed by atoms with E-state index in [4.69, 9.17) is 28.9 Å². The Morgan fingerprint density at radius 3 is 2.63 bits per heavy atom. The van der Waals surface area contributed by atoms with Crippen LogP contribution in [0.4, 0.5) is 15.9 Å². The maximum absolute atomic E-state index is 13.0. The molecule has 0 aliphatic rings. The van der Waals surface area contributed by atoms with Crippen LogP contribution in [0.1, 0.15) is 10.4 Å². The third-order valence-corrected chi connectivity index (χ3v) is 2.90. The lowest BCUT2D eigenvalue weighted by molar-refractivity contribution is 0.102. The molecule has 7 heteroatoms. The Kier molecular flexibility index (Phi) is 3.87. The topological polar surface area (TPSA) is 68.0 Å². The van der Waals surface area contributed by atoms with Crippen LogP contribution in [-0.4, -0.2) is 10.9 Å². The summed E-state index contributed by atoms with van der Waals surface area (Å²) in [6, 6.07) is 5.25. The number of rotatable bonds is 2. The maximum atomic E-state index is 13.0. The van der Waals surface area contributed by atoms with Crippen LogP contribution in [0.5, 0.6) is 0 Å². The molecule has 1 amide bonds. The fourth-order valence-electron chi connectivity index (χ4n) is 1.35. The minimum absolute atomic E-state index is 0.0775. The van der Waals surface area contributed by atoms with Crippen molar-refractivity contribution in [3.05, 3.63) is 51.9 Å². The zero-order valence-corrected chi connectivity index (χ0v) is 11.0. The van der Waals surface area contributed by atoms with E-state index >= 15 is 0 Å². The molecule has 0 bridgehead atoms. The van der Waals surface area contributed by atoms with Gasteiger partial charge in [-0.15, -0.1) is 0 Å². The van der Waals surface area contributed by atoms with E-state index in [0.717, 1.165) is 6.07 Å². The number of hydrogen-bond acceptors (Lipinski definition) is 3. The number of amides is 1. The molecule has 1 aromatic carbocycles. The average Bonchev–Trinajstić information content (AvgIpc) is 2.37. The molecule has 0 saturated carbocycles. The largest absolute Gasteiger partial charge is 0.382 e. The summed E-state index contributed by atoms with van der Waals surface area (Å²) >= 11 is 11.4. The van der Waals surface area contributed by atoms with Crippen LogP contribution in [-0.2, 0) is 0 Å². The van der Waals surface area contributed by atoms with Crippen molar-refractivity contribution in [1.29, 1.82) is 0 Å². The molecular formula is C12H8Cl2FN3O. The highest BCUT2D eigenvalue weighted by molar-refractivity contribution is 6.33. The molecule has 0 aliphatic carbocycles. The highest BCUT2D eigenvalue weighted by atomic mass is 35.5. The van der Waals surface area contributed by atoms with E-state index in [1.54, 1.807) is 0 Å². The van der Waals surface area contributed by atoms with E-state index in [1.807, 2.05) is 0 Å². The number of halogens is 3. The van der Waals surface area contributed by atoms with E-state index < -0.39 is 11.7 Å². The molecule has 0 radical (unpaired) electrons. The molecule has 0 unspecified atom stereocenters. The van der Waals surface area contributed by atoms with Gasteiger partial charge in [-0.05, 0) is 24.3 Å². The summed E-state index contributed by atoms with van der Waals surface area (Å²) in [5, 5.41) is 2.65. The number of carbonyl (C=O) groups is 1. The summed E-state index contributed by atoms with van der Waals surface area (Å²) in [5.41, 5.74) is 6.04. The van der Waals surface area contributed by atoms with Crippen LogP contribution in [0.2, 0.25) is 10.0 Å². The van der Waals surface area contributed by atoms with Crippen molar-refractivity contribution >= 4 is 40.6 Å². The number of aromatic nitrogens is 1. The highest BCUT2D eigenvalue weighted by Gasteiger charge is 2.10. The zero-order chi connectivity index (χ0) is 14.0. The summed E-state index contributed by atoms with van der Waals surface area (Å²) in [7, 11) is 0. The number of nitrogens with two attached hydrogens (primary N) is 1. The second-order valence-electron chi connectivity index (χ2n) is 3.67. The third kappa shape index (κ3) is 3.13. The Labute approximate surface area is 118 Å². The molecule has 19 heavy (non-hydrogen) atoms. The molecule has 0 saturated heterocycles. The van der Waals surface area contributed by atoms with Crippen LogP contribution in [0.3, 0.4) is 0 Å². The number of nitrogens with zero attached hydrogens (tertiary/aromatic N) is 1. The molecule has 1 aromatic heterocycles. The molecule has 2 rings (SSSR count). The minimum atomic E-state index is -0.558. The van der Waals surface area contributed by atoms with E-state index in [0.29, 0.717) is 5.69 Å². The molecule has 0 aliphatic heterocycles. The zero-order valence-electron chi connectivity index (χ0n) is 9.45. The van der Waals surface area contributed by atoms with Crippen LogP contribution >= 0.6 is 23.2 Å². The molecular weight excluding hydrogens is 292 g/mol. The lowest BCUT2D eigenvalue weighted by Crippen LogP contribution is -2.12. The fraction of sp³-hybridized carbons (Fsp3) is 0. The van der Waals surface area contributed by atoms with E-state index in [-0.39, 0.29) is 21.4 Å². The summed E-state index contributed by atoms with van der Waals surface area (Å²) < 4.78 is 13.0. The van der Waals surface area contributed by atoms with Crippen molar-refractivity contribution in [2.45, 2.75) is 0 Å². The van der Waals surface area contributed by atoms with Gasteiger partial charge in [0.2, 0.25) is 0 Å². The summed E-state index contributed by atoms with van der Waals surface area (Å²) in [4.78, 5) is 15.7. The predicted molar refractivity (Wildman–Crippen MR) is 73.0 cm³/mol. The molecule has 2 aromatic rings. The smallest absolute Gasteiger partial charge is 0.257 e. The minimum Gasteiger partial charge on any atom is -0.382 e. The van der Waals surface area contributed by atoms with Gasteiger partial charge in [-0.2, -0.15) is 0 Å². The van der Waals surface area contributed by atoms with Crippen molar-refractivity contribution < 1.29 is 9.18 Å². The van der Waals surface area contributed by atoms with Crippen molar-refractivity contribution in [3.63, 3.8) is 0 Å². The lowest BCUT2D eigenvalue weighted by Gasteiger charge is -2.06. The van der Waals surface area contributed by atoms with Gasteiger partial charge in [0.1, 0.15) is 11.6 Å². The number of nitrogens with one attached hydrogen (secondary N) is 1. The Balaban J connectivity index is 2.20. The van der Waals surface area contributed by atoms with Gasteiger partial charge in [0.05, 0.1) is 15.6 Å². The number of pyridine rings is 1. The number of benzene rings is 1. The molecule has 0 atom stereocenters. The van der Waals surface area contributed by atoms with Crippen LogP contribution in [0.25, 0.3) is 0 Å². The molecule has 0 spiro atoms. The van der Waals surface area contributed by atoms with Crippen molar-refractivity contribution in [3.8, 4) is 0 Å². The lowest BCUT2D eigenvalue weighted by atomic mass is 10.2. The highest BCUT2D eigenvalue weighted by Crippen LogP contribution is 2.21. The maximum Gasteiger partial charge on any atom is 0.257 e. The number of hydrogen-bond donors (Lipinski definition) is 2. The third-order valence-electron chi connectivity index (χ3n) is 2.31. The van der Waals surface area contributed by atoms with E-state index in [2.05, 4.69) is 10.3 Å². The average molecular weight is 300 g/mol. The Morgan fingerprint density at radius 1 is 1.26 bits per heavy atom. The Morgan fingerprint density at radius 2 is 2.00 bits per heavy atom. The van der Waals surface area contributed by atoms with Gasteiger partial charge < -0.3 is 11.1 Å². The Bertz CT molecular complexity index is 649. The van der Waals surface area contributed by atoms with Crippen molar-refractivity contribution in [2.75, 3.05) is 11.1 Å². The number of anilines is 2. The second-order valence-corrected chi connectivity index (χ2v) is 4.49. The summed E-state index contributed by atoms with van der Waals surface area (Å²) in [6.07, 6.45) is 1.29. The Hall–Kier alpha value is -1.85. The van der Waals surface area contributed by atoms with Crippen LogP contribution in [0.15, 0.2) is 30.5 Å². The van der Waals surface area contributed by atoms with Crippen molar-refractivity contribution in [1.82, 2.24) is 4.98 Å². The van der Waals surface area contributed by atoms with E-state index in [9.17, 15) is 9.18 Å². The quantitative estimate of drug-likeness (QED) is 0.893. The van der Waals surface area contributed by atoms with Gasteiger partial charge in [-0.1, -0.05) is 23.2 Å². The summed E-state index contributed by atoms with van der Waals surface area (Å²) in [6.45, 7) is 0. The first-order valence-corrected chi connectivity index (χ1v) is 5.90. The molecule has 0 fully saturated rings. The molecule has 4 nitrogen and oxygen atoms in total. The SMILES string of the molecule is Nc1ncc(C(=O)Nc2ccc(F)c(Cl)c2)cc1Cl. The monoisotopic (exact) mass is 299 g/mol.